The largest absolute Gasteiger partial charge is 0.506 e. The number of rotatable bonds is 5. The van der Waals surface area contributed by atoms with Crippen LogP contribution in [0.5, 0.6) is 5.75 Å². The number of nitrogens with zero attached hydrogens (tertiary/aromatic N) is 1. The summed E-state index contributed by atoms with van der Waals surface area (Å²) in [5, 5.41) is 15.3. The lowest BCUT2D eigenvalue weighted by Gasteiger charge is -2.31. The minimum Gasteiger partial charge on any atom is -0.506 e. The van der Waals surface area contributed by atoms with E-state index in [9.17, 15) is 14.7 Å². The molecule has 0 spiro atoms. The first-order valence-corrected chi connectivity index (χ1v) is 12.2. The minimum absolute atomic E-state index is 0.00801. The molecule has 33 heavy (non-hydrogen) atoms. The van der Waals surface area contributed by atoms with Gasteiger partial charge in [-0.25, -0.2) is 0 Å². The molecule has 2 atom stereocenters. The number of hydrogen-bond donors (Lipinski definition) is 2. The Kier molecular flexibility index (Phi) is 6.94. The predicted octanol–water partition coefficient (Wildman–Crippen LogP) is 4.64. The lowest BCUT2D eigenvalue weighted by Crippen LogP contribution is -2.43. The highest BCUT2D eigenvalue weighted by molar-refractivity contribution is 6.03. The molecule has 178 valence electrons. The Morgan fingerprint density at radius 1 is 1.09 bits per heavy atom. The van der Waals surface area contributed by atoms with E-state index in [1.165, 1.54) is 32.1 Å². The van der Waals surface area contributed by atoms with Gasteiger partial charge in [0.05, 0.1) is 5.56 Å². The Balaban J connectivity index is 1.48. The Morgan fingerprint density at radius 2 is 1.82 bits per heavy atom. The number of ether oxygens (including phenoxy) is 1. The molecule has 1 heterocycles. The van der Waals surface area contributed by atoms with Crippen molar-refractivity contribution in [1.82, 2.24) is 10.2 Å². The second kappa shape index (κ2) is 9.72. The van der Waals surface area contributed by atoms with E-state index in [1.807, 2.05) is 51.1 Å². The number of fused-ring (bicyclic) bond motifs is 1. The number of hydrogen-bond acceptors (Lipinski definition) is 5. The Morgan fingerprint density at radius 3 is 2.55 bits per heavy atom. The number of amides is 1. The van der Waals surface area contributed by atoms with Gasteiger partial charge in [0.25, 0.3) is 5.91 Å². The number of nitrogens with one attached hydrogen (secondary N) is 1. The van der Waals surface area contributed by atoms with Gasteiger partial charge >= 0.3 is 5.97 Å². The summed E-state index contributed by atoms with van der Waals surface area (Å²) in [6.45, 7) is 7.12. The van der Waals surface area contributed by atoms with Crippen LogP contribution in [-0.4, -0.2) is 52.7 Å². The molecule has 1 saturated heterocycles. The quantitative estimate of drug-likeness (QED) is 0.646. The minimum atomic E-state index is -0.550. The molecule has 2 aromatic rings. The molecule has 6 heteroatoms. The predicted molar refractivity (Wildman–Crippen MR) is 129 cm³/mol. The zero-order valence-corrected chi connectivity index (χ0v) is 20.0. The van der Waals surface area contributed by atoms with E-state index in [-0.39, 0.29) is 35.3 Å². The van der Waals surface area contributed by atoms with Crippen molar-refractivity contribution in [2.45, 2.75) is 77.0 Å². The van der Waals surface area contributed by atoms with Gasteiger partial charge in [0.2, 0.25) is 0 Å². The molecule has 2 N–H and O–H groups in total. The number of carbonyl (C=O) groups excluding carboxylic acids is 2. The van der Waals surface area contributed by atoms with Gasteiger partial charge in [-0.15, -0.1) is 0 Å². The molecule has 2 fully saturated rings. The summed E-state index contributed by atoms with van der Waals surface area (Å²) in [5.41, 5.74) is -0.292. The fourth-order valence-corrected chi connectivity index (χ4v) is 5.23. The molecule has 0 aromatic heterocycles. The van der Waals surface area contributed by atoms with Gasteiger partial charge in [-0.2, -0.15) is 0 Å². The lowest BCUT2D eigenvalue weighted by atomic mass is 9.89. The SMILES string of the molecule is CC(C)(C)OC(=O)C1CC(NC(=O)c2ccc3ccccc3c2O)CN1CC1CCCCC1. The summed E-state index contributed by atoms with van der Waals surface area (Å²) in [5.74, 6) is 0.0448. The number of likely N-dealkylation sites (tertiary alicyclic amines) is 1. The average molecular weight is 453 g/mol. The molecule has 6 nitrogen and oxygen atoms in total. The number of phenolic OH excluding ortho intramolecular Hbond substituents is 1. The molecule has 2 unspecified atom stereocenters. The van der Waals surface area contributed by atoms with Gasteiger partial charge in [-0.05, 0) is 57.4 Å². The molecule has 4 rings (SSSR count). The van der Waals surface area contributed by atoms with Crippen LogP contribution >= 0.6 is 0 Å². The fraction of sp³-hybridized carbons (Fsp3) is 0.556. The number of aromatic hydroxyl groups is 1. The normalized spacial score (nSPS) is 22.4. The zero-order chi connectivity index (χ0) is 23.6. The zero-order valence-electron chi connectivity index (χ0n) is 20.0. The smallest absolute Gasteiger partial charge is 0.323 e. The number of benzene rings is 2. The van der Waals surface area contributed by atoms with Crippen LogP contribution in [0.2, 0.25) is 0 Å². The molecule has 2 aromatic carbocycles. The van der Waals surface area contributed by atoms with Crippen molar-refractivity contribution < 1.29 is 19.4 Å². The van der Waals surface area contributed by atoms with Crippen LogP contribution < -0.4 is 5.32 Å². The van der Waals surface area contributed by atoms with Gasteiger partial charge in [0.15, 0.2) is 0 Å². The Bertz CT molecular complexity index is 1010. The summed E-state index contributed by atoms with van der Waals surface area (Å²) < 4.78 is 5.71. The van der Waals surface area contributed by atoms with Crippen molar-refractivity contribution in [2.24, 2.45) is 5.92 Å². The monoisotopic (exact) mass is 452 g/mol. The van der Waals surface area contributed by atoms with E-state index in [1.54, 1.807) is 6.07 Å². The van der Waals surface area contributed by atoms with Crippen LogP contribution in [-0.2, 0) is 9.53 Å². The van der Waals surface area contributed by atoms with E-state index in [4.69, 9.17) is 4.74 Å². The first-order valence-electron chi connectivity index (χ1n) is 12.2. The molecule has 2 aliphatic rings. The van der Waals surface area contributed by atoms with Crippen molar-refractivity contribution >= 4 is 22.6 Å². The second-order valence-electron chi connectivity index (χ2n) is 10.6. The van der Waals surface area contributed by atoms with Crippen LogP contribution in [0.15, 0.2) is 36.4 Å². The van der Waals surface area contributed by atoms with Crippen LogP contribution in [0.25, 0.3) is 10.8 Å². The number of carbonyl (C=O) groups is 2. The third-order valence-electron chi connectivity index (χ3n) is 6.78. The van der Waals surface area contributed by atoms with E-state index >= 15 is 0 Å². The summed E-state index contributed by atoms with van der Waals surface area (Å²) in [6, 6.07) is 10.4. The molecule has 1 aliphatic heterocycles. The molecule has 0 bridgehead atoms. The van der Waals surface area contributed by atoms with Crippen molar-refractivity contribution in [1.29, 1.82) is 0 Å². The summed E-state index contributed by atoms with van der Waals surface area (Å²) in [4.78, 5) is 28.3. The third-order valence-corrected chi connectivity index (χ3v) is 6.78. The summed E-state index contributed by atoms with van der Waals surface area (Å²) in [6.07, 6.45) is 6.69. The van der Waals surface area contributed by atoms with Crippen LogP contribution in [0, 0.1) is 5.92 Å². The maximum atomic E-state index is 13.1. The first-order chi connectivity index (χ1) is 15.7. The fourth-order valence-electron chi connectivity index (χ4n) is 5.23. The second-order valence-corrected chi connectivity index (χ2v) is 10.6. The van der Waals surface area contributed by atoms with Crippen LogP contribution in [0.4, 0.5) is 0 Å². The molecular formula is C27H36N2O4. The molecular weight excluding hydrogens is 416 g/mol. The van der Waals surface area contributed by atoms with Crippen molar-refractivity contribution in [3.05, 3.63) is 42.0 Å². The lowest BCUT2D eigenvalue weighted by molar-refractivity contribution is -0.160. The number of esters is 1. The van der Waals surface area contributed by atoms with Crippen molar-refractivity contribution in [3.63, 3.8) is 0 Å². The molecule has 1 amide bonds. The Labute approximate surface area is 196 Å². The Hall–Kier alpha value is -2.60. The topological polar surface area (TPSA) is 78.9 Å². The van der Waals surface area contributed by atoms with Crippen LogP contribution in [0.3, 0.4) is 0 Å². The van der Waals surface area contributed by atoms with E-state index in [0.717, 1.165) is 11.9 Å². The third kappa shape index (κ3) is 5.67. The van der Waals surface area contributed by atoms with E-state index in [2.05, 4.69) is 10.2 Å². The highest BCUT2D eigenvalue weighted by Gasteiger charge is 2.40. The molecule has 0 radical (unpaired) electrons. The highest BCUT2D eigenvalue weighted by Crippen LogP contribution is 2.31. The summed E-state index contributed by atoms with van der Waals surface area (Å²) in [7, 11) is 0. The van der Waals surface area contributed by atoms with Gasteiger partial charge in [-0.3, -0.25) is 14.5 Å². The average Bonchev–Trinajstić information content (AvgIpc) is 3.16. The van der Waals surface area contributed by atoms with Crippen molar-refractivity contribution in [2.75, 3.05) is 13.1 Å². The van der Waals surface area contributed by atoms with Gasteiger partial charge in [-0.1, -0.05) is 49.6 Å². The maximum Gasteiger partial charge on any atom is 0.323 e. The van der Waals surface area contributed by atoms with E-state index in [0.29, 0.717) is 24.3 Å². The van der Waals surface area contributed by atoms with Gasteiger partial charge in [0, 0.05) is 24.5 Å². The molecule has 1 aliphatic carbocycles. The molecule has 1 saturated carbocycles. The highest BCUT2D eigenvalue weighted by atomic mass is 16.6. The van der Waals surface area contributed by atoms with Crippen LogP contribution in [0.1, 0.15) is 69.7 Å². The van der Waals surface area contributed by atoms with Crippen molar-refractivity contribution in [3.8, 4) is 5.75 Å². The summed E-state index contributed by atoms with van der Waals surface area (Å²) >= 11 is 0. The van der Waals surface area contributed by atoms with Gasteiger partial charge < -0.3 is 15.2 Å². The van der Waals surface area contributed by atoms with E-state index < -0.39 is 5.60 Å². The standard InChI is InChI=1S/C27H36N2O4/c1-27(2,3)33-26(32)23-15-20(17-29(23)16-18-9-5-4-6-10-18)28-25(31)22-14-13-19-11-7-8-12-21(19)24(22)30/h7-8,11-14,18,20,23,30H,4-6,9-10,15-17H2,1-3H3,(H,28,31). The van der Waals surface area contributed by atoms with Gasteiger partial charge in [0.1, 0.15) is 17.4 Å². The first kappa shape index (κ1) is 23.6. The maximum absolute atomic E-state index is 13.1. The number of phenols is 1.